The van der Waals surface area contributed by atoms with Gasteiger partial charge in [0.25, 0.3) is 0 Å². The maximum absolute atomic E-state index is 3.61. The Kier molecular flexibility index (Phi) is 6.38. The lowest BCUT2D eigenvalue weighted by atomic mass is 10.2. The first-order chi connectivity index (χ1) is 14.4. The van der Waals surface area contributed by atoms with Crippen LogP contribution in [0.25, 0.3) is 0 Å². The molecule has 0 aliphatic rings. The number of nitrogens with zero attached hydrogens (tertiary/aromatic N) is 1. The van der Waals surface area contributed by atoms with Gasteiger partial charge in [-0.3, -0.25) is 4.90 Å². The molecule has 0 unspecified atom stereocenters. The topological polar surface area (TPSA) is 3.24 Å². The van der Waals surface area contributed by atoms with E-state index in [1.54, 1.807) is 0 Å². The Morgan fingerprint density at radius 1 is 0.552 bits per heavy atom. The van der Waals surface area contributed by atoms with E-state index >= 15 is 0 Å². The molecule has 0 spiro atoms. The van der Waals surface area contributed by atoms with Gasteiger partial charge in [-0.05, 0) is 34.0 Å². The molecule has 0 atom stereocenters. The molecular formula is C27H22NP. The number of para-hydroxylation sites is 1. The van der Waals surface area contributed by atoms with Crippen LogP contribution < -0.4 is 15.5 Å². The fraction of sp³-hybridized carbons (Fsp3) is 0.0370. The number of anilines is 1. The fourth-order valence-electron chi connectivity index (χ4n) is 3.11. The van der Waals surface area contributed by atoms with Crippen molar-refractivity contribution in [2.45, 2.75) is 6.54 Å². The fourth-order valence-corrected chi connectivity index (χ4v) is 4.83. The Morgan fingerprint density at radius 2 is 1.00 bits per heavy atom. The third-order valence-electron chi connectivity index (χ3n) is 4.58. The highest BCUT2D eigenvalue weighted by atomic mass is 31.1. The highest BCUT2D eigenvalue weighted by molar-refractivity contribution is 7.77. The normalized spacial score (nSPS) is 10.2. The first-order valence-corrected chi connectivity index (χ1v) is 11.0. The maximum atomic E-state index is 3.61. The van der Waals surface area contributed by atoms with Gasteiger partial charge in [0.1, 0.15) is 0 Å². The molecule has 0 saturated heterocycles. The first-order valence-electron chi connectivity index (χ1n) is 9.68. The lowest BCUT2D eigenvalue weighted by molar-refractivity contribution is 0.994. The van der Waals surface area contributed by atoms with Crippen LogP contribution in [0.15, 0.2) is 121 Å². The highest BCUT2D eigenvalue weighted by Gasteiger charge is 2.12. The van der Waals surface area contributed by atoms with E-state index in [9.17, 15) is 0 Å². The molecule has 4 rings (SSSR count). The van der Waals surface area contributed by atoms with E-state index in [1.165, 1.54) is 16.2 Å². The van der Waals surface area contributed by atoms with Crippen molar-refractivity contribution in [1.29, 1.82) is 0 Å². The molecule has 0 fully saturated rings. The van der Waals surface area contributed by atoms with Crippen LogP contribution in [0.4, 0.5) is 5.69 Å². The van der Waals surface area contributed by atoms with Gasteiger partial charge in [0, 0.05) is 19.7 Å². The monoisotopic (exact) mass is 391 g/mol. The van der Waals surface area contributed by atoms with E-state index in [-0.39, 0.29) is 0 Å². The molecule has 0 radical (unpaired) electrons. The summed E-state index contributed by atoms with van der Waals surface area (Å²) in [6.45, 7) is 0.755. The molecule has 140 valence electrons. The van der Waals surface area contributed by atoms with Gasteiger partial charge in [-0.1, -0.05) is 109 Å². The lowest BCUT2D eigenvalue weighted by Gasteiger charge is -2.19. The van der Waals surface area contributed by atoms with E-state index in [1.807, 2.05) is 12.1 Å². The van der Waals surface area contributed by atoms with Crippen LogP contribution in [-0.2, 0) is 6.54 Å². The van der Waals surface area contributed by atoms with Crippen LogP contribution in [0.3, 0.4) is 0 Å². The summed E-state index contributed by atoms with van der Waals surface area (Å²) in [7, 11) is -0.751. The van der Waals surface area contributed by atoms with E-state index in [0.717, 1.165) is 12.2 Å². The Bertz CT molecular complexity index is 1030. The number of hydrogen-bond acceptors (Lipinski definition) is 1. The first kappa shape index (κ1) is 19.0. The number of hydrogen-bond donors (Lipinski definition) is 0. The minimum absolute atomic E-state index is 0.751. The van der Waals surface area contributed by atoms with Crippen molar-refractivity contribution in [2.75, 3.05) is 4.90 Å². The zero-order chi connectivity index (χ0) is 19.7. The Hall–Kier alpha value is -3.33. The molecule has 0 aliphatic carbocycles. The average Bonchev–Trinajstić information content (AvgIpc) is 2.81. The van der Waals surface area contributed by atoms with E-state index < -0.39 is 7.92 Å². The summed E-state index contributed by atoms with van der Waals surface area (Å²) in [4.78, 5) is 2.15. The molecule has 4 aromatic rings. The number of benzene rings is 4. The van der Waals surface area contributed by atoms with Crippen molar-refractivity contribution in [3.63, 3.8) is 0 Å². The van der Waals surface area contributed by atoms with E-state index in [2.05, 4.69) is 126 Å². The van der Waals surface area contributed by atoms with Gasteiger partial charge in [-0.15, -0.1) is 0 Å². The van der Waals surface area contributed by atoms with E-state index in [4.69, 9.17) is 0 Å². The van der Waals surface area contributed by atoms with Gasteiger partial charge in [0.05, 0.1) is 6.54 Å². The molecule has 0 bridgehead atoms. The zero-order valence-corrected chi connectivity index (χ0v) is 17.0. The second kappa shape index (κ2) is 9.74. The molecule has 4 aromatic carbocycles. The van der Waals surface area contributed by atoms with Crippen LogP contribution in [0.1, 0.15) is 5.56 Å². The number of rotatable bonds is 5. The molecule has 0 saturated carbocycles. The Labute approximate surface area is 174 Å². The van der Waals surface area contributed by atoms with Gasteiger partial charge in [-0.25, -0.2) is 0 Å². The van der Waals surface area contributed by atoms with Crippen LogP contribution in [-0.4, -0.2) is 0 Å². The molecule has 0 N–H and O–H groups in total. The lowest BCUT2D eigenvalue weighted by Crippen LogP contribution is -2.17. The summed E-state index contributed by atoms with van der Waals surface area (Å²) >= 11 is 0. The predicted molar refractivity (Wildman–Crippen MR) is 126 cm³/mol. The van der Waals surface area contributed by atoms with Crippen LogP contribution >= 0.6 is 7.92 Å². The van der Waals surface area contributed by atoms with Gasteiger partial charge in [-0.2, -0.15) is 0 Å². The third-order valence-corrected chi connectivity index (χ3v) is 6.53. The van der Waals surface area contributed by atoms with Gasteiger partial charge < -0.3 is 0 Å². The molecule has 29 heavy (non-hydrogen) atoms. The van der Waals surface area contributed by atoms with Crippen molar-refractivity contribution < 1.29 is 0 Å². The van der Waals surface area contributed by atoms with Gasteiger partial charge >= 0.3 is 0 Å². The second-order valence-corrected chi connectivity index (χ2v) is 8.56. The predicted octanol–water partition coefficient (Wildman–Crippen LogP) is 5.74. The van der Waals surface area contributed by atoms with Crippen LogP contribution in [0.5, 0.6) is 0 Å². The summed E-state index contributed by atoms with van der Waals surface area (Å²) in [5, 5.41) is 2.54. The van der Waals surface area contributed by atoms with Crippen molar-refractivity contribution >= 4 is 24.2 Å². The smallest absolute Gasteiger partial charge is 0.0565 e. The van der Waals surface area contributed by atoms with Gasteiger partial charge in [0.2, 0.25) is 0 Å². The van der Waals surface area contributed by atoms with Crippen LogP contribution in [0, 0.1) is 11.7 Å². The van der Waals surface area contributed by atoms with Crippen molar-refractivity contribution in [3.8, 4) is 11.7 Å². The van der Waals surface area contributed by atoms with Crippen molar-refractivity contribution in [1.82, 2.24) is 0 Å². The molecule has 0 amide bonds. The largest absolute Gasteiger partial charge is 0.297 e. The highest BCUT2D eigenvalue weighted by Crippen LogP contribution is 2.32. The summed E-state index contributed by atoms with van der Waals surface area (Å²) in [5.74, 6) is 0. The van der Waals surface area contributed by atoms with Gasteiger partial charge in [0.15, 0.2) is 0 Å². The molecule has 0 heterocycles. The summed E-state index contributed by atoms with van der Waals surface area (Å²) in [6.07, 6.45) is 0. The zero-order valence-electron chi connectivity index (χ0n) is 16.1. The molecule has 2 heteroatoms. The molecule has 0 aromatic heterocycles. The van der Waals surface area contributed by atoms with Crippen LogP contribution in [0.2, 0.25) is 0 Å². The third kappa shape index (κ3) is 5.14. The second-order valence-electron chi connectivity index (χ2n) is 6.64. The molecule has 1 nitrogen and oxygen atoms in total. The van der Waals surface area contributed by atoms with E-state index in [0.29, 0.717) is 0 Å². The average molecular weight is 391 g/mol. The minimum atomic E-state index is -0.751. The standard InChI is InChI=1S/C27H22NP/c1-5-13-24(14-6-1)23-28(25-15-7-2-8-16-25)21-22-29(26-17-9-3-10-18-26)27-19-11-4-12-20-27/h1-20H,23H2. The van der Waals surface area contributed by atoms with Crippen molar-refractivity contribution in [2.24, 2.45) is 0 Å². The van der Waals surface area contributed by atoms with Crippen molar-refractivity contribution in [3.05, 3.63) is 127 Å². The summed E-state index contributed by atoms with van der Waals surface area (Å²) < 4.78 is 0. The summed E-state index contributed by atoms with van der Waals surface area (Å²) in [6, 6.07) is 45.6. The summed E-state index contributed by atoms with van der Waals surface area (Å²) in [5.41, 5.74) is 5.97. The maximum Gasteiger partial charge on any atom is 0.0565 e. The minimum Gasteiger partial charge on any atom is -0.297 e. The molecule has 0 aliphatic heterocycles. The Balaban J connectivity index is 1.72. The Morgan fingerprint density at radius 3 is 1.52 bits per heavy atom. The SMILES string of the molecule is C(#CP(c1ccccc1)c1ccccc1)N(Cc1ccccc1)c1ccccc1. The quantitative estimate of drug-likeness (QED) is 0.238. The molecular weight excluding hydrogens is 369 g/mol.